The van der Waals surface area contributed by atoms with Crippen LogP contribution in [0.15, 0.2) is 48.9 Å². The number of hydrogen-bond acceptors (Lipinski definition) is 6. The Labute approximate surface area is 140 Å². The first kappa shape index (κ1) is 15.8. The number of hydroxylamine groups is 1. The second kappa shape index (κ2) is 6.60. The number of pyridine rings is 1. The Hall–Kier alpha value is -3.04. The molecule has 0 aliphatic heterocycles. The van der Waals surface area contributed by atoms with Gasteiger partial charge in [-0.25, -0.2) is 5.48 Å². The first-order valence-corrected chi connectivity index (χ1v) is 7.71. The van der Waals surface area contributed by atoms with E-state index in [-0.39, 0.29) is 0 Å². The van der Waals surface area contributed by atoms with E-state index in [4.69, 9.17) is 10.9 Å². The monoisotopic (exact) mass is 343 g/mol. The van der Waals surface area contributed by atoms with Crippen molar-refractivity contribution in [2.45, 2.75) is 6.04 Å². The molecule has 24 heavy (non-hydrogen) atoms. The number of nitrogens with one attached hydrogen (secondary N) is 1. The summed E-state index contributed by atoms with van der Waals surface area (Å²) in [6, 6.07) is 7.71. The van der Waals surface area contributed by atoms with Gasteiger partial charge in [-0.05, 0) is 24.3 Å². The summed E-state index contributed by atoms with van der Waals surface area (Å²) in [7, 11) is 0. The number of carbonyl (C=O) groups is 2. The first-order valence-electron chi connectivity index (χ1n) is 6.89. The summed E-state index contributed by atoms with van der Waals surface area (Å²) in [6.07, 6.45) is 4.81. The normalized spacial score (nSPS) is 11.9. The van der Waals surface area contributed by atoms with Crippen molar-refractivity contribution in [3.05, 3.63) is 59.4 Å². The standard InChI is InChI=1S/C15H13N5O3S/c16-14(21)13(9-2-1-6-17-8-9)20-7-5-10(18-20)11-3-4-12(24-11)15(22)19-23/h1-8,13,23H,(H2,16,21)(H,19,22). The number of nitrogens with two attached hydrogens (primary N) is 1. The third-order valence-corrected chi connectivity index (χ3v) is 4.43. The number of carbonyl (C=O) groups excluding carboxylic acids is 2. The third-order valence-electron chi connectivity index (χ3n) is 3.33. The van der Waals surface area contributed by atoms with E-state index >= 15 is 0 Å². The van der Waals surface area contributed by atoms with Gasteiger partial charge < -0.3 is 5.73 Å². The molecule has 0 fully saturated rings. The summed E-state index contributed by atoms with van der Waals surface area (Å²) < 4.78 is 1.46. The second-order valence-corrected chi connectivity index (χ2v) is 5.96. The van der Waals surface area contributed by atoms with Crippen molar-refractivity contribution in [3.8, 4) is 10.6 Å². The first-order chi connectivity index (χ1) is 11.6. The van der Waals surface area contributed by atoms with Crippen LogP contribution in [-0.4, -0.2) is 31.8 Å². The minimum Gasteiger partial charge on any atom is -0.368 e. The van der Waals surface area contributed by atoms with E-state index in [2.05, 4.69) is 10.1 Å². The molecule has 0 aliphatic carbocycles. The summed E-state index contributed by atoms with van der Waals surface area (Å²) in [5.74, 6) is -1.14. The number of primary amides is 1. The highest BCUT2D eigenvalue weighted by Crippen LogP contribution is 2.28. The largest absolute Gasteiger partial charge is 0.368 e. The Morgan fingerprint density at radius 2 is 2.12 bits per heavy atom. The predicted octanol–water partition coefficient (Wildman–Crippen LogP) is 1.20. The fourth-order valence-electron chi connectivity index (χ4n) is 2.25. The predicted molar refractivity (Wildman–Crippen MR) is 86.4 cm³/mol. The number of rotatable bonds is 5. The fourth-order valence-corrected chi connectivity index (χ4v) is 3.11. The third kappa shape index (κ3) is 3.03. The van der Waals surface area contributed by atoms with Gasteiger partial charge in [0.1, 0.15) is 5.69 Å². The molecule has 0 spiro atoms. The Balaban J connectivity index is 1.93. The molecule has 122 valence electrons. The number of hydrogen-bond donors (Lipinski definition) is 3. The van der Waals surface area contributed by atoms with Crippen molar-refractivity contribution in [2.24, 2.45) is 5.73 Å². The topological polar surface area (TPSA) is 123 Å². The second-order valence-electron chi connectivity index (χ2n) is 4.88. The molecule has 2 amide bonds. The van der Waals surface area contributed by atoms with Gasteiger partial charge in [-0.15, -0.1) is 11.3 Å². The van der Waals surface area contributed by atoms with E-state index in [1.54, 1.807) is 54.4 Å². The van der Waals surface area contributed by atoms with E-state index in [1.807, 2.05) is 0 Å². The Morgan fingerprint density at radius 3 is 2.79 bits per heavy atom. The number of amides is 2. The molecule has 8 nitrogen and oxygen atoms in total. The van der Waals surface area contributed by atoms with Crippen LogP contribution in [0.1, 0.15) is 21.3 Å². The van der Waals surface area contributed by atoms with Crippen molar-refractivity contribution >= 4 is 23.2 Å². The van der Waals surface area contributed by atoms with E-state index in [0.717, 1.165) is 4.88 Å². The average molecular weight is 343 g/mol. The molecule has 9 heteroatoms. The number of nitrogens with zero attached hydrogens (tertiary/aromatic N) is 3. The van der Waals surface area contributed by atoms with Crippen LogP contribution < -0.4 is 11.2 Å². The minimum absolute atomic E-state index is 0.348. The summed E-state index contributed by atoms with van der Waals surface area (Å²) in [5, 5.41) is 13.0. The van der Waals surface area contributed by atoms with Gasteiger partial charge in [0.2, 0.25) is 5.91 Å². The van der Waals surface area contributed by atoms with Gasteiger partial charge in [0.25, 0.3) is 5.91 Å². The van der Waals surface area contributed by atoms with Crippen molar-refractivity contribution < 1.29 is 14.8 Å². The molecule has 3 aromatic heterocycles. The maximum absolute atomic E-state index is 11.8. The van der Waals surface area contributed by atoms with Gasteiger partial charge in [0.15, 0.2) is 6.04 Å². The molecule has 1 unspecified atom stereocenters. The molecule has 4 N–H and O–H groups in total. The molecule has 0 aliphatic rings. The van der Waals surface area contributed by atoms with Crippen LogP contribution >= 0.6 is 11.3 Å². The lowest BCUT2D eigenvalue weighted by molar-refractivity contribution is -0.120. The van der Waals surface area contributed by atoms with Crippen LogP contribution in [0.5, 0.6) is 0 Å². The van der Waals surface area contributed by atoms with Crippen molar-refractivity contribution in [3.63, 3.8) is 0 Å². The van der Waals surface area contributed by atoms with Crippen molar-refractivity contribution in [1.82, 2.24) is 20.2 Å². The fraction of sp³-hybridized carbons (Fsp3) is 0.0667. The summed E-state index contributed by atoms with van der Waals surface area (Å²) in [6.45, 7) is 0. The zero-order valence-electron chi connectivity index (χ0n) is 12.3. The van der Waals surface area contributed by atoms with Crippen LogP contribution in [0, 0.1) is 0 Å². The number of thiophene rings is 1. The Bertz CT molecular complexity index is 874. The van der Waals surface area contributed by atoms with Crippen LogP contribution in [0.4, 0.5) is 0 Å². The van der Waals surface area contributed by atoms with Crippen molar-refractivity contribution in [2.75, 3.05) is 0 Å². The van der Waals surface area contributed by atoms with E-state index in [9.17, 15) is 9.59 Å². The molecule has 0 saturated carbocycles. The lowest BCUT2D eigenvalue weighted by Crippen LogP contribution is -2.28. The molecule has 0 aromatic carbocycles. The van der Waals surface area contributed by atoms with E-state index < -0.39 is 17.9 Å². The highest BCUT2D eigenvalue weighted by atomic mass is 32.1. The molecule has 3 aromatic rings. The molecule has 0 saturated heterocycles. The van der Waals surface area contributed by atoms with Gasteiger partial charge in [-0.3, -0.25) is 24.5 Å². The molecule has 3 rings (SSSR count). The van der Waals surface area contributed by atoms with Crippen LogP contribution in [-0.2, 0) is 4.79 Å². The van der Waals surface area contributed by atoms with Gasteiger partial charge >= 0.3 is 0 Å². The molecule has 0 radical (unpaired) electrons. The Kier molecular flexibility index (Phi) is 4.36. The van der Waals surface area contributed by atoms with Gasteiger partial charge in [-0.2, -0.15) is 5.10 Å². The van der Waals surface area contributed by atoms with Crippen LogP contribution in [0.2, 0.25) is 0 Å². The van der Waals surface area contributed by atoms with Crippen LogP contribution in [0.25, 0.3) is 10.6 Å². The lowest BCUT2D eigenvalue weighted by Gasteiger charge is -2.13. The smallest absolute Gasteiger partial charge is 0.284 e. The van der Waals surface area contributed by atoms with E-state index in [1.165, 1.54) is 16.0 Å². The molecule has 3 heterocycles. The highest BCUT2D eigenvalue weighted by molar-refractivity contribution is 7.17. The minimum atomic E-state index is -0.771. The molecular formula is C15H13N5O3S. The van der Waals surface area contributed by atoms with Crippen molar-refractivity contribution in [1.29, 1.82) is 0 Å². The molecule has 1 atom stereocenters. The average Bonchev–Trinajstić information content (AvgIpc) is 3.24. The van der Waals surface area contributed by atoms with E-state index in [0.29, 0.717) is 16.1 Å². The van der Waals surface area contributed by atoms with Crippen LogP contribution in [0.3, 0.4) is 0 Å². The zero-order chi connectivity index (χ0) is 17.1. The lowest BCUT2D eigenvalue weighted by atomic mass is 10.1. The SMILES string of the molecule is NC(=O)C(c1cccnc1)n1ccc(-c2ccc(C(=O)NO)s2)n1. The zero-order valence-corrected chi connectivity index (χ0v) is 13.1. The highest BCUT2D eigenvalue weighted by Gasteiger charge is 2.22. The van der Waals surface area contributed by atoms with Gasteiger partial charge in [0, 0.05) is 24.2 Å². The van der Waals surface area contributed by atoms with Gasteiger partial charge in [-0.1, -0.05) is 6.07 Å². The maximum atomic E-state index is 11.8. The maximum Gasteiger partial charge on any atom is 0.284 e. The van der Waals surface area contributed by atoms with Gasteiger partial charge in [0.05, 0.1) is 9.75 Å². The number of aromatic nitrogens is 3. The Morgan fingerprint density at radius 1 is 1.29 bits per heavy atom. The summed E-state index contributed by atoms with van der Waals surface area (Å²) >= 11 is 1.17. The quantitative estimate of drug-likeness (QED) is 0.474. The molecule has 0 bridgehead atoms. The molecular weight excluding hydrogens is 330 g/mol. The summed E-state index contributed by atoms with van der Waals surface area (Å²) in [4.78, 5) is 28.3. The summed E-state index contributed by atoms with van der Waals surface area (Å²) in [5.41, 5.74) is 8.31.